The second kappa shape index (κ2) is 6.15. The van der Waals surface area contributed by atoms with Crippen molar-refractivity contribution in [2.75, 3.05) is 19.0 Å². The van der Waals surface area contributed by atoms with Crippen molar-refractivity contribution in [3.05, 3.63) is 11.8 Å². The number of hydrogen-bond acceptors (Lipinski definition) is 6. The van der Waals surface area contributed by atoms with Crippen LogP contribution in [0.5, 0.6) is 5.88 Å². The Kier molecular flexibility index (Phi) is 4.81. The van der Waals surface area contributed by atoms with Crippen molar-refractivity contribution in [3.63, 3.8) is 0 Å². The number of carbonyl (C=O) groups excluding carboxylic acids is 1. The quantitative estimate of drug-likeness (QED) is 0.585. The molecule has 9 heteroatoms. The average molecular weight is 284 g/mol. The molecule has 2 amide bonds. The van der Waals surface area contributed by atoms with E-state index in [2.05, 4.69) is 20.6 Å². The molecule has 110 valence electrons. The van der Waals surface area contributed by atoms with Gasteiger partial charge in [-0.3, -0.25) is 5.32 Å². The summed E-state index contributed by atoms with van der Waals surface area (Å²) in [6.45, 7) is 2.31. The minimum absolute atomic E-state index is 0.00863. The predicted octanol–water partition coefficient (Wildman–Crippen LogP) is -0.249. The van der Waals surface area contributed by atoms with Crippen LogP contribution in [-0.2, 0) is 4.79 Å². The molecule has 0 radical (unpaired) electrons. The highest BCUT2D eigenvalue weighted by Gasteiger charge is 2.30. The largest absolute Gasteiger partial charge is 0.481 e. The maximum absolute atomic E-state index is 11.5. The molecule has 0 aliphatic heterocycles. The summed E-state index contributed by atoms with van der Waals surface area (Å²) in [6, 6.07) is 0.845. The van der Waals surface area contributed by atoms with E-state index in [0.717, 1.165) is 6.92 Å². The van der Waals surface area contributed by atoms with Crippen LogP contribution in [0.15, 0.2) is 6.07 Å². The fourth-order valence-corrected chi connectivity index (χ4v) is 1.17. The van der Waals surface area contributed by atoms with Gasteiger partial charge in [-0.05, 0) is 13.8 Å². The number of nitrogens with zero attached hydrogens (tertiary/aromatic N) is 2. The number of carboxylic acid groups (broad SMARTS) is 1. The lowest BCUT2D eigenvalue weighted by molar-refractivity contribution is -0.155. The molecule has 1 unspecified atom stereocenters. The standard InChI is InChI=1S/C11H16N4O5/c1-6-4-7(20-3)14-9(13-6)15-10(18)12-5-11(2,19)8(16)17/h4,19H,5H2,1-3H3,(H,16,17)(H2,12,13,14,15,18). The van der Waals surface area contributed by atoms with Gasteiger partial charge >= 0.3 is 12.0 Å². The number of amides is 2. The first-order valence-corrected chi connectivity index (χ1v) is 5.65. The number of aliphatic hydroxyl groups is 1. The van der Waals surface area contributed by atoms with Gasteiger partial charge in [-0.2, -0.15) is 4.98 Å². The lowest BCUT2D eigenvalue weighted by Crippen LogP contribution is -2.47. The number of anilines is 1. The van der Waals surface area contributed by atoms with E-state index >= 15 is 0 Å². The summed E-state index contributed by atoms with van der Waals surface area (Å²) >= 11 is 0. The highest BCUT2D eigenvalue weighted by Crippen LogP contribution is 2.11. The van der Waals surface area contributed by atoms with Gasteiger partial charge < -0.3 is 20.3 Å². The van der Waals surface area contributed by atoms with Gasteiger partial charge in [-0.1, -0.05) is 0 Å². The third-order valence-corrected chi connectivity index (χ3v) is 2.32. The predicted molar refractivity (Wildman–Crippen MR) is 68.6 cm³/mol. The first kappa shape index (κ1) is 15.6. The minimum atomic E-state index is -2.05. The van der Waals surface area contributed by atoms with Crippen molar-refractivity contribution in [2.24, 2.45) is 0 Å². The Morgan fingerprint density at radius 1 is 1.45 bits per heavy atom. The Morgan fingerprint density at radius 2 is 2.10 bits per heavy atom. The van der Waals surface area contributed by atoms with Crippen molar-refractivity contribution in [2.45, 2.75) is 19.4 Å². The van der Waals surface area contributed by atoms with Gasteiger partial charge in [0.25, 0.3) is 0 Å². The molecule has 0 saturated carbocycles. The number of nitrogens with one attached hydrogen (secondary N) is 2. The van der Waals surface area contributed by atoms with Gasteiger partial charge in [0, 0.05) is 11.8 Å². The second-order valence-electron chi connectivity index (χ2n) is 4.26. The molecule has 20 heavy (non-hydrogen) atoms. The molecule has 0 aliphatic carbocycles. The van der Waals surface area contributed by atoms with Crippen LogP contribution in [0.25, 0.3) is 0 Å². The van der Waals surface area contributed by atoms with E-state index in [-0.39, 0.29) is 11.8 Å². The van der Waals surface area contributed by atoms with E-state index in [4.69, 9.17) is 9.84 Å². The Balaban J connectivity index is 2.63. The van der Waals surface area contributed by atoms with Crippen molar-refractivity contribution in [1.82, 2.24) is 15.3 Å². The van der Waals surface area contributed by atoms with Gasteiger partial charge in [0.2, 0.25) is 11.8 Å². The normalized spacial score (nSPS) is 13.2. The molecule has 9 nitrogen and oxygen atoms in total. The fourth-order valence-electron chi connectivity index (χ4n) is 1.17. The van der Waals surface area contributed by atoms with E-state index in [0.29, 0.717) is 5.69 Å². The van der Waals surface area contributed by atoms with Crippen molar-refractivity contribution >= 4 is 17.9 Å². The van der Waals surface area contributed by atoms with Crippen molar-refractivity contribution < 1.29 is 24.5 Å². The van der Waals surface area contributed by atoms with E-state index in [1.54, 1.807) is 13.0 Å². The summed E-state index contributed by atoms with van der Waals surface area (Å²) in [5, 5.41) is 22.6. The number of aryl methyl sites for hydroxylation is 1. The third kappa shape index (κ3) is 4.35. The number of rotatable bonds is 5. The summed E-state index contributed by atoms with van der Waals surface area (Å²) < 4.78 is 4.92. The molecule has 4 N–H and O–H groups in total. The zero-order chi connectivity index (χ0) is 15.3. The number of aliphatic carboxylic acids is 1. The first-order valence-electron chi connectivity index (χ1n) is 5.65. The second-order valence-corrected chi connectivity index (χ2v) is 4.26. The van der Waals surface area contributed by atoms with Gasteiger partial charge in [0.05, 0.1) is 13.7 Å². The molecule has 0 aliphatic rings. The minimum Gasteiger partial charge on any atom is -0.481 e. The topological polar surface area (TPSA) is 134 Å². The molecule has 1 rings (SSSR count). The van der Waals surface area contributed by atoms with Gasteiger partial charge in [0.15, 0.2) is 5.60 Å². The van der Waals surface area contributed by atoms with Crippen LogP contribution in [-0.4, -0.2) is 51.4 Å². The van der Waals surface area contributed by atoms with Crippen LogP contribution in [0, 0.1) is 6.92 Å². The summed E-state index contributed by atoms with van der Waals surface area (Å²) in [7, 11) is 1.43. The molecule has 0 aromatic carbocycles. The molecule has 0 fully saturated rings. The molecular weight excluding hydrogens is 268 g/mol. The van der Waals surface area contributed by atoms with Crippen LogP contribution in [0.1, 0.15) is 12.6 Å². The molecule has 1 heterocycles. The number of ether oxygens (including phenoxy) is 1. The Morgan fingerprint density at radius 3 is 2.65 bits per heavy atom. The number of aromatic nitrogens is 2. The van der Waals surface area contributed by atoms with Crippen LogP contribution < -0.4 is 15.4 Å². The van der Waals surface area contributed by atoms with Gasteiger partial charge in [0.1, 0.15) is 0 Å². The maximum Gasteiger partial charge on any atom is 0.337 e. The summed E-state index contributed by atoms with van der Waals surface area (Å²) in [6.07, 6.45) is 0. The number of hydrogen-bond donors (Lipinski definition) is 4. The molecular formula is C11H16N4O5. The zero-order valence-electron chi connectivity index (χ0n) is 11.3. The molecule has 1 aromatic rings. The zero-order valence-corrected chi connectivity index (χ0v) is 11.3. The fraction of sp³-hybridized carbons (Fsp3) is 0.455. The molecule has 0 bridgehead atoms. The Labute approximate surface area is 115 Å². The van der Waals surface area contributed by atoms with E-state index in [1.807, 2.05) is 0 Å². The summed E-state index contributed by atoms with van der Waals surface area (Å²) in [4.78, 5) is 30.0. The summed E-state index contributed by atoms with van der Waals surface area (Å²) in [5.74, 6) is -1.15. The Hall–Kier alpha value is -2.42. The molecule has 1 aromatic heterocycles. The monoisotopic (exact) mass is 284 g/mol. The highest BCUT2D eigenvalue weighted by molar-refractivity contribution is 5.88. The van der Waals surface area contributed by atoms with Gasteiger partial charge in [-0.25, -0.2) is 14.6 Å². The third-order valence-electron chi connectivity index (χ3n) is 2.32. The Bertz CT molecular complexity index is 518. The van der Waals surface area contributed by atoms with Crippen LogP contribution >= 0.6 is 0 Å². The van der Waals surface area contributed by atoms with Crippen molar-refractivity contribution in [1.29, 1.82) is 0 Å². The molecule has 0 saturated heterocycles. The number of carboxylic acids is 1. The van der Waals surface area contributed by atoms with Crippen LogP contribution in [0.4, 0.5) is 10.7 Å². The molecule has 1 atom stereocenters. The number of urea groups is 1. The lowest BCUT2D eigenvalue weighted by atomic mass is 10.1. The molecule has 0 spiro atoms. The van der Waals surface area contributed by atoms with Gasteiger partial charge in [-0.15, -0.1) is 0 Å². The summed E-state index contributed by atoms with van der Waals surface area (Å²) in [5.41, 5.74) is -1.47. The highest BCUT2D eigenvalue weighted by atomic mass is 16.5. The first-order chi connectivity index (χ1) is 9.24. The SMILES string of the molecule is COc1cc(C)nc(NC(=O)NCC(C)(O)C(=O)O)n1. The lowest BCUT2D eigenvalue weighted by Gasteiger charge is -2.18. The van der Waals surface area contributed by atoms with Crippen molar-refractivity contribution in [3.8, 4) is 5.88 Å². The smallest absolute Gasteiger partial charge is 0.337 e. The number of methoxy groups -OCH3 is 1. The maximum atomic E-state index is 11.5. The van der Waals surface area contributed by atoms with E-state index in [1.165, 1.54) is 7.11 Å². The van der Waals surface area contributed by atoms with E-state index in [9.17, 15) is 14.7 Å². The average Bonchev–Trinajstić information content (AvgIpc) is 2.35. The number of carbonyl (C=O) groups is 2. The van der Waals surface area contributed by atoms with E-state index < -0.39 is 24.1 Å². The van der Waals surface area contributed by atoms with Crippen LogP contribution in [0.2, 0.25) is 0 Å². The van der Waals surface area contributed by atoms with Crippen LogP contribution in [0.3, 0.4) is 0 Å².